The fraction of sp³-hybridized carbons (Fsp3) is 0.0526. The predicted molar refractivity (Wildman–Crippen MR) is 95.0 cm³/mol. The van der Waals surface area contributed by atoms with Gasteiger partial charge in [-0.3, -0.25) is 0 Å². The van der Waals surface area contributed by atoms with Gasteiger partial charge in [-0.1, -0.05) is 52.3 Å². The van der Waals surface area contributed by atoms with Gasteiger partial charge in [-0.25, -0.2) is 4.39 Å². The van der Waals surface area contributed by atoms with Gasteiger partial charge in [-0.2, -0.15) is 0 Å². The van der Waals surface area contributed by atoms with Crippen molar-refractivity contribution in [3.05, 3.63) is 94.2 Å². The molecule has 114 valence electrons. The summed E-state index contributed by atoms with van der Waals surface area (Å²) < 4.78 is 14.8. The van der Waals surface area contributed by atoms with Crippen LogP contribution < -0.4 is 10.6 Å². The van der Waals surface area contributed by atoms with Crippen molar-refractivity contribution in [1.29, 1.82) is 0 Å². The highest BCUT2D eigenvalue weighted by atomic mass is 79.9. The van der Waals surface area contributed by atoms with Gasteiger partial charge in [-0.05, 0) is 36.4 Å². The van der Waals surface area contributed by atoms with Crippen molar-refractivity contribution < 1.29 is 4.39 Å². The van der Waals surface area contributed by atoms with Crippen LogP contribution in [-0.2, 0) is 5.66 Å². The Morgan fingerprint density at radius 2 is 1.39 bits per heavy atom. The number of hydrogen-bond donors (Lipinski definition) is 2. The van der Waals surface area contributed by atoms with Gasteiger partial charge in [0.2, 0.25) is 0 Å². The minimum absolute atomic E-state index is 0.251. The summed E-state index contributed by atoms with van der Waals surface area (Å²) in [6, 6.07) is 22.7. The van der Waals surface area contributed by atoms with E-state index in [2.05, 4.69) is 26.6 Å². The molecule has 23 heavy (non-hydrogen) atoms. The highest BCUT2D eigenvalue weighted by Crippen LogP contribution is 2.43. The molecule has 0 aliphatic carbocycles. The SMILES string of the molecule is Fc1cccc(C2(c3ccc(Br)cc3)Nc3ccccc3N2)c1. The first kappa shape index (κ1) is 14.3. The van der Waals surface area contributed by atoms with Crippen LogP contribution >= 0.6 is 15.9 Å². The average molecular weight is 369 g/mol. The molecule has 0 unspecified atom stereocenters. The first-order chi connectivity index (χ1) is 11.2. The van der Waals surface area contributed by atoms with Crippen LogP contribution in [0.25, 0.3) is 0 Å². The van der Waals surface area contributed by atoms with E-state index in [4.69, 9.17) is 0 Å². The van der Waals surface area contributed by atoms with Crippen LogP contribution in [0.3, 0.4) is 0 Å². The second kappa shape index (κ2) is 5.39. The molecular formula is C19H14BrFN2. The fourth-order valence-corrected chi connectivity index (χ4v) is 3.28. The molecule has 0 saturated carbocycles. The lowest BCUT2D eigenvalue weighted by Crippen LogP contribution is -2.40. The van der Waals surface area contributed by atoms with Gasteiger partial charge >= 0.3 is 0 Å². The van der Waals surface area contributed by atoms with E-state index >= 15 is 0 Å². The van der Waals surface area contributed by atoms with E-state index in [9.17, 15) is 4.39 Å². The van der Waals surface area contributed by atoms with E-state index in [0.29, 0.717) is 0 Å². The first-order valence-corrected chi connectivity index (χ1v) is 8.14. The van der Waals surface area contributed by atoms with Crippen molar-refractivity contribution in [3.8, 4) is 0 Å². The Balaban J connectivity index is 1.90. The average Bonchev–Trinajstić information content (AvgIpc) is 2.96. The maximum absolute atomic E-state index is 13.8. The lowest BCUT2D eigenvalue weighted by Gasteiger charge is -2.32. The highest BCUT2D eigenvalue weighted by molar-refractivity contribution is 9.10. The van der Waals surface area contributed by atoms with Crippen LogP contribution in [-0.4, -0.2) is 0 Å². The van der Waals surface area contributed by atoms with Gasteiger partial charge in [0.15, 0.2) is 5.66 Å². The Hall–Kier alpha value is -2.33. The summed E-state index contributed by atoms with van der Waals surface area (Å²) in [5, 5.41) is 7.07. The molecule has 1 aliphatic rings. The standard InChI is InChI=1S/C19H14BrFN2/c20-15-10-8-13(9-11-15)19(14-4-3-5-16(21)12-14)22-17-6-1-2-7-18(17)23-19/h1-12,22-23H. The minimum Gasteiger partial charge on any atom is -0.354 e. The zero-order valence-electron chi connectivity index (χ0n) is 12.2. The number of nitrogens with one attached hydrogen (secondary N) is 2. The van der Waals surface area contributed by atoms with E-state index in [1.807, 2.05) is 54.6 Å². The molecule has 0 amide bonds. The van der Waals surface area contributed by atoms with Gasteiger partial charge in [0.05, 0.1) is 11.4 Å². The molecule has 2 N–H and O–H groups in total. The summed E-state index contributed by atoms with van der Waals surface area (Å²) in [6.45, 7) is 0. The summed E-state index contributed by atoms with van der Waals surface area (Å²) in [6.07, 6.45) is 0. The van der Waals surface area contributed by atoms with E-state index in [1.54, 1.807) is 12.1 Å². The highest BCUT2D eigenvalue weighted by Gasteiger charge is 2.39. The van der Waals surface area contributed by atoms with Crippen molar-refractivity contribution in [2.24, 2.45) is 0 Å². The summed E-state index contributed by atoms with van der Waals surface area (Å²) in [4.78, 5) is 0. The Bertz CT molecular complexity index is 836. The van der Waals surface area contributed by atoms with Gasteiger partial charge in [0.25, 0.3) is 0 Å². The quantitative estimate of drug-likeness (QED) is 0.638. The molecule has 0 fully saturated rings. The molecule has 4 rings (SSSR count). The Labute approximate surface area is 142 Å². The van der Waals surface area contributed by atoms with Crippen LogP contribution in [0.2, 0.25) is 0 Å². The summed E-state index contributed by atoms with van der Waals surface area (Å²) in [5.41, 5.74) is 3.16. The van der Waals surface area contributed by atoms with E-state index in [-0.39, 0.29) is 5.82 Å². The number of benzene rings is 3. The minimum atomic E-state index is -0.688. The lowest BCUT2D eigenvalue weighted by atomic mass is 9.91. The number of hydrogen-bond acceptors (Lipinski definition) is 2. The van der Waals surface area contributed by atoms with Crippen molar-refractivity contribution >= 4 is 27.3 Å². The van der Waals surface area contributed by atoms with Crippen LogP contribution in [0.15, 0.2) is 77.3 Å². The second-order valence-electron chi connectivity index (χ2n) is 5.56. The zero-order valence-corrected chi connectivity index (χ0v) is 13.8. The molecule has 0 spiro atoms. The molecule has 0 bridgehead atoms. The molecule has 2 nitrogen and oxygen atoms in total. The van der Waals surface area contributed by atoms with Crippen molar-refractivity contribution in [2.75, 3.05) is 10.6 Å². The Morgan fingerprint density at radius 1 is 0.739 bits per heavy atom. The summed E-state index contributed by atoms with van der Waals surface area (Å²) >= 11 is 3.47. The van der Waals surface area contributed by atoms with E-state index in [1.165, 1.54) is 6.07 Å². The van der Waals surface area contributed by atoms with Crippen molar-refractivity contribution in [3.63, 3.8) is 0 Å². The van der Waals surface area contributed by atoms with Gasteiger partial charge in [-0.15, -0.1) is 0 Å². The van der Waals surface area contributed by atoms with Gasteiger partial charge in [0, 0.05) is 15.6 Å². The molecule has 0 atom stereocenters. The van der Waals surface area contributed by atoms with Crippen molar-refractivity contribution in [1.82, 2.24) is 0 Å². The fourth-order valence-electron chi connectivity index (χ4n) is 3.01. The number of para-hydroxylation sites is 2. The largest absolute Gasteiger partial charge is 0.354 e. The predicted octanol–water partition coefficient (Wildman–Crippen LogP) is 5.33. The molecule has 4 heteroatoms. The Morgan fingerprint density at radius 3 is 2.00 bits per heavy atom. The smallest absolute Gasteiger partial charge is 0.161 e. The normalized spacial score (nSPS) is 14.7. The molecule has 3 aromatic carbocycles. The number of anilines is 2. The molecule has 0 saturated heterocycles. The van der Waals surface area contributed by atoms with E-state index < -0.39 is 5.66 Å². The van der Waals surface area contributed by atoms with Gasteiger partial charge < -0.3 is 10.6 Å². The third kappa shape index (κ3) is 2.39. The van der Waals surface area contributed by atoms with Crippen LogP contribution in [0.1, 0.15) is 11.1 Å². The maximum Gasteiger partial charge on any atom is 0.161 e. The Kier molecular flexibility index (Phi) is 3.34. The zero-order chi connectivity index (χ0) is 15.9. The topological polar surface area (TPSA) is 24.1 Å². The number of halogens is 2. The maximum atomic E-state index is 13.8. The molecular weight excluding hydrogens is 355 g/mol. The van der Waals surface area contributed by atoms with Crippen LogP contribution in [0, 0.1) is 5.82 Å². The second-order valence-corrected chi connectivity index (χ2v) is 6.48. The first-order valence-electron chi connectivity index (χ1n) is 7.35. The third-order valence-corrected chi connectivity index (χ3v) is 4.63. The molecule has 1 heterocycles. The summed E-state index contributed by atoms with van der Waals surface area (Å²) in [7, 11) is 0. The van der Waals surface area contributed by atoms with Crippen LogP contribution in [0.5, 0.6) is 0 Å². The van der Waals surface area contributed by atoms with E-state index in [0.717, 1.165) is 27.0 Å². The molecule has 0 aromatic heterocycles. The number of rotatable bonds is 2. The summed E-state index contributed by atoms with van der Waals surface area (Å²) in [5.74, 6) is -0.251. The number of fused-ring (bicyclic) bond motifs is 1. The van der Waals surface area contributed by atoms with Gasteiger partial charge in [0.1, 0.15) is 5.82 Å². The molecule has 3 aromatic rings. The molecule has 0 radical (unpaired) electrons. The van der Waals surface area contributed by atoms with Crippen LogP contribution in [0.4, 0.5) is 15.8 Å². The van der Waals surface area contributed by atoms with Crippen molar-refractivity contribution in [2.45, 2.75) is 5.66 Å². The molecule has 1 aliphatic heterocycles. The third-order valence-electron chi connectivity index (χ3n) is 4.11. The lowest BCUT2D eigenvalue weighted by molar-refractivity contribution is 0.615. The monoisotopic (exact) mass is 368 g/mol.